The molecule has 4 aromatic carbocycles. The maximum atomic E-state index is 13.1. The highest BCUT2D eigenvalue weighted by Crippen LogP contribution is 2.34. The van der Waals surface area contributed by atoms with E-state index in [0.29, 0.717) is 53.7 Å². The van der Waals surface area contributed by atoms with E-state index in [0.717, 1.165) is 53.4 Å². The molecule has 1 aliphatic rings. The van der Waals surface area contributed by atoms with Gasteiger partial charge in [0.2, 0.25) is 11.8 Å². The predicted octanol–water partition coefficient (Wildman–Crippen LogP) is 9.79. The highest BCUT2D eigenvalue weighted by Gasteiger charge is 2.20. The lowest BCUT2D eigenvalue weighted by molar-refractivity contribution is -0.127. The third-order valence-electron chi connectivity index (χ3n) is 8.65. The molecule has 0 atom stereocenters. The molecule has 2 heterocycles. The van der Waals surface area contributed by atoms with E-state index in [1.54, 1.807) is 36.5 Å². The number of amides is 1. The molecule has 6 rings (SSSR count). The van der Waals surface area contributed by atoms with Crippen molar-refractivity contribution in [2.75, 3.05) is 26.2 Å². The lowest BCUT2D eigenvalue weighted by Gasteiger charge is -2.34. The Labute approximate surface area is 321 Å². The average molecular weight is 753 g/mol. The van der Waals surface area contributed by atoms with Crippen molar-refractivity contribution < 1.29 is 23.7 Å². The number of carbonyl (C=O) groups is 1. The standard InChI is InChI=1S/C43H43Cl2N3O5/c1-30(2)52-37-15-13-36(14-16-37)50-28-33-10-8-32(9-11-33)27-47-20-22-48(23-21-47)42(49)19-12-34-24-31(3)43(40(45)25-34)53-41-18-17-38(26-46-41)51-29-35-6-4-5-7-39(35)44/h4-19,24-26,30H,20-23,27-29H2,1-3H3/b19-12+. The Kier molecular flexibility index (Phi) is 12.9. The van der Waals surface area contributed by atoms with Gasteiger partial charge in [-0.05, 0) is 97.6 Å². The summed E-state index contributed by atoms with van der Waals surface area (Å²) in [7, 11) is 0. The first-order valence-corrected chi connectivity index (χ1v) is 18.4. The number of nitrogens with zero attached hydrogens (tertiary/aromatic N) is 3. The third kappa shape index (κ3) is 11.0. The number of hydrogen-bond donors (Lipinski definition) is 0. The summed E-state index contributed by atoms with van der Waals surface area (Å²) in [5.41, 5.74) is 4.86. The zero-order valence-corrected chi connectivity index (χ0v) is 31.6. The number of ether oxygens (including phenoxy) is 4. The maximum Gasteiger partial charge on any atom is 0.246 e. The Morgan fingerprint density at radius 2 is 1.47 bits per heavy atom. The van der Waals surface area contributed by atoms with Gasteiger partial charge in [-0.15, -0.1) is 0 Å². The van der Waals surface area contributed by atoms with Crippen molar-refractivity contribution in [2.45, 2.75) is 46.6 Å². The molecule has 0 radical (unpaired) electrons. The molecule has 1 saturated heterocycles. The van der Waals surface area contributed by atoms with Crippen LogP contribution in [0.2, 0.25) is 10.0 Å². The van der Waals surface area contributed by atoms with Gasteiger partial charge in [-0.3, -0.25) is 9.69 Å². The topological polar surface area (TPSA) is 73.4 Å². The molecule has 0 N–H and O–H groups in total. The number of benzene rings is 4. The van der Waals surface area contributed by atoms with Crippen LogP contribution in [0.3, 0.4) is 0 Å². The monoisotopic (exact) mass is 751 g/mol. The van der Waals surface area contributed by atoms with Crippen LogP contribution in [0, 0.1) is 6.92 Å². The molecular weight excluding hydrogens is 709 g/mol. The van der Waals surface area contributed by atoms with Gasteiger partial charge in [0, 0.05) is 55.5 Å². The predicted molar refractivity (Wildman–Crippen MR) is 210 cm³/mol. The Balaban J connectivity index is 0.933. The van der Waals surface area contributed by atoms with Crippen molar-refractivity contribution in [1.29, 1.82) is 0 Å². The normalized spacial score (nSPS) is 13.4. The molecule has 0 bridgehead atoms. The summed E-state index contributed by atoms with van der Waals surface area (Å²) < 4.78 is 23.5. The molecule has 8 nitrogen and oxygen atoms in total. The van der Waals surface area contributed by atoms with Crippen molar-refractivity contribution in [1.82, 2.24) is 14.8 Å². The van der Waals surface area contributed by atoms with Crippen LogP contribution in [0.5, 0.6) is 28.9 Å². The molecule has 1 aromatic heterocycles. The number of piperazine rings is 1. The first kappa shape index (κ1) is 37.7. The number of aryl methyl sites for hydroxylation is 1. The SMILES string of the molecule is Cc1cc(/C=C/C(=O)N2CCN(Cc3ccc(COc4ccc(OC(C)C)cc4)cc3)CC2)cc(Cl)c1Oc1ccc(OCc2ccccc2Cl)cn1. The van der Waals surface area contributed by atoms with Crippen molar-refractivity contribution >= 4 is 35.2 Å². The van der Waals surface area contributed by atoms with Crippen LogP contribution in [0.25, 0.3) is 6.08 Å². The second-order valence-electron chi connectivity index (χ2n) is 13.1. The van der Waals surface area contributed by atoms with E-state index >= 15 is 0 Å². The second kappa shape index (κ2) is 18.1. The van der Waals surface area contributed by atoms with Crippen molar-refractivity contribution in [3.8, 4) is 28.9 Å². The van der Waals surface area contributed by atoms with Gasteiger partial charge in [0.05, 0.1) is 17.3 Å². The largest absolute Gasteiger partial charge is 0.491 e. The van der Waals surface area contributed by atoms with Crippen LogP contribution in [0.1, 0.15) is 41.7 Å². The van der Waals surface area contributed by atoms with Gasteiger partial charge in [-0.1, -0.05) is 65.7 Å². The van der Waals surface area contributed by atoms with Crippen LogP contribution in [0.15, 0.2) is 109 Å². The second-order valence-corrected chi connectivity index (χ2v) is 14.0. The minimum atomic E-state index is -0.0220. The molecule has 1 aliphatic heterocycles. The number of carbonyl (C=O) groups excluding carboxylic acids is 1. The molecule has 53 heavy (non-hydrogen) atoms. The molecule has 0 saturated carbocycles. The zero-order chi connectivity index (χ0) is 37.2. The van der Waals surface area contributed by atoms with E-state index in [1.807, 2.05) is 80.3 Å². The van der Waals surface area contributed by atoms with Gasteiger partial charge in [0.15, 0.2) is 5.75 Å². The van der Waals surface area contributed by atoms with E-state index in [1.165, 1.54) is 5.56 Å². The fraction of sp³-hybridized carbons (Fsp3) is 0.256. The summed E-state index contributed by atoms with van der Waals surface area (Å²) in [5.74, 6) is 3.10. The van der Waals surface area contributed by atoms with Gasteiger partial charge in [0.25, 0.3) is 0 Å². The lowest BCUT2D eigenvalue weighted by atomic mass is 10.1. The molecule has 274 valence electrons. The van der Waals surface area contributed by atoms with Gasteiger partial charge in [0.1, 0.15) is 30.5 Å². The van der Waals surface area contributed by atoms with E-state index in [9.17, 15) is 4.79 Å². The minimum absolute atomic E-state index is 0.0220. The molecular formula is C43H43Cl2N3O5. The Bertz CT molecular complexity index is 1970. The van der Waals surface area contributed by atoms with Crippen LogP contribution in [-0.4, -0.2) is 53.0 Å². The first-order chi connectivity index (χ1) is 25.7. The summed E-state index contributed by atoms with van der Waals surface area (Å²) in [4.78, 5) is 21.7. The summed E-state index contributed by atoms with van der Waals surface area (Å²) in [6, 6.07) is 31.0. The average Bonchev–Trinajstić information content (AvgIpc) is 3.16. The van der Waals surface area contributed by atoms with E-state index in [2.05, 4.69) is 34.1 Å². The van der Waals surface area contributed by atoms with E-state index in [-0.39, 0.29) is 12.0 Å². The number of hydrogen-bond acceptors (Lipinski definition) is 7. The number of rotatable bonds is 14. The molecule has 0 unspecified atom stereocenters. The van der Waals surface area contributed by atoms with Gasteiger partial charge >= 0.3 is 0 Å². The lowest BCUT2D eigenvalue weighted by Crippen LogP contribution is -2.47. The highest BCUT2D eigenvalue weighted by atomic mass is 35.5. The fourth-order valence-electron chi connectivity index (χ4n) is 5.83. The first-order valence-electron chi connectivity index (χ1n) is 17.7. The quantitative estimate of drug-likeness (QED) is 0.105. The molecule has 0 aliphatic carbocycles. The minimum Gasteiger partial charge on any atom is -0.491 e. The van der Waals surface area contributed by atoms with Crippen molar-refractivity contribution in [3.05, 3.63) is 147 Å². The summed E-state index contributed by atoms with van der Waals surface area (Å²) in [6.07, 6.45) is 5.14. The smallest absolute Gasteiger partial charge is 0.246 e. The van der Waals surface area contributed by atoms with Crippen molar-refractivity contribution in [3.63, 3.8) is 0 Å². The number of pyridine rings is 1. The number of aromatic nitrogens is 1. The Morgan fingerprint density at radius 1 is 0.792 bits per heavy atom. The highest BCUT2D eigenvalue weighted by molar-refractivity contribution is 6.32. The van der Waals surface area contributed by atoms with Gasteiger partial charge in [-0.25, -0.2) is 4.98 Å². The van der Waals surface area contributed by atoms with Crippen LogP contribution in [-0.2, 0) is 24.6 Å². The molecule has 1 amide bonds. The van der Waals surface area contributed by atoms with E-state index < -0.39 is 0 Å². The Morgan fingerprint density at radius 3 is 2.15 bits per heavy atom. The molecule has 5 aromatic rings. The third-order valence-corrected chi connectivity index (χ3v) is 9.30. The Hall–Kier alpha value is -5.02. The summed E-state index contributed by atoms with van der Waals surface area (Å²) in [5, 5.41) is 1.08. The van der Waals surface area contributed by atoms with Crippen molar-refractivity contribution in [2.24, 2.45) is 0 Å². The molecule has 0 spiro atoms. The fourth-order valence-corrected chi connectivity index (χ4v) is 6.33. The summed E-state index contributed by atoms with van der Waals surface area (Å²) >= 11 is 12.8. The van der Waals surface area contributed by atoms with Crippen LogP contribution < -0.4 is 18.9 Å². The number of halogens is 2. The maximum absolute atomic E-state index is 13.1. The van der Waals surface area contributed by atoms with Gasteiger partial charge in [-0.2, -0.15) is 0 Å². The zero-order valence-electron chi connectivity index (χ0n) is 30.1. The molecule has 10 heteroatoms. The van der Waals surface area contributed by atoms with E-state index in [4.69, 9.17) is 42.1 Å². The van der Waals surface area contributed by atoms with Gasteiger partial charge < -0.3 is 23.8 Å². The van der Waals surface area contributed by atoms with Crippen LogP contribution in [0.4, 0.5) is 0 Å². The molecule has 1 fully saturated rings. The summed E-state index contributed by atoms with van der Waals surface area (Å²) in [6.45, 7) is 10.5. The van der Waals surface area contributed by atoms with Crippen LogP contribution >= 0.6 is 23.2 Å².